The van der Waals surface area contributed by atoms with E-state index in [1.54, 1.807) is 19.9 Å². The van der Waals surface area contributed by atoms with Crippen molar-refractivity contribution in [3.8, 4) is 17.4 Å². The SMILES string of the molecule is Cc1nnc(-c2cc3c(OCC(C)O)cccc3o2)o1.Cl. The van der Waals surface area contributed by atoms with Crippen LogP contribution in [0.5, 0.6) is 5.75 Å². The molecule has 0 spiro atoms. The Hall–Kier alpha value is -2.05. The number of aromatic nitrogens is 2. The molecule has 0 saturated heterocycles. The molecule has 1 aromatic carbocycles. The Morgan fingerprint density at radius 1 is 1.29 bits per heavy atom. The number of hydrogen-bond acceptors (Lipinski definition) is 6. The van der Waals surface area contributed by atoms with Crippen LogP contribution in [-0.4, -0.2) is 28.0 Å². The third-order valence-electron chi connectivity index (χ3n) is 2.74. The van der Waals surface area contributed by atoms with Crippen molar-refractivity contribution in [1.29, 1.82) is 0 Å². The Kier molecular flexibility index (Phi) is 4.50. The standard InChI is InChI=1S/C14H14N2O4.ClH/c1-8(17)7-18-11-4-3-5-12-10(11)6-13(20-12)14-16-15-9(2)19-14;/h3-6,8,17H,7H2,1-2H3;1H. The number of fused-ring (bicyclic) bond motifs is 1. The maximum Gasteiger partial charge on any atom is 0.283 e. The summed E-state index contributed by atoms with van der Waals surface area (Å²) in [5.74, 6) is 1.95. The Morgan fingerprint density at radius 3 is 2.76 bits per heavy atom. The van der Waals surface area contributed by atoms with Gasteiger partial charge < -0.3 is 18.7 Å². The van der Waals surface area contributed by atoms with E-state index in [0.717, 1.165) is 5.39 Å². The predicted octanol–water partition coefficient (Wildman–Crippen LogP) is 2.97. The van der Waals surface area contributed by atoms with Crippen LogP contribution in [0.1, 0.15) is 12.8 Å². The van der Waals surface area contributed by atoms with Crippen molar-refractivity contribution in [2.24, 2.45) is 0 Å². The monoisotopic (exact) mass is 310 g/mol. The van der Waals surface area contributed by atoms with Crippen molar-refractivity contribution >= 4 is 23.4 Å². The lowest BCUT2D eigenvalue weighted by molar-refractivity contribution is 0.123. The van der Waals surface area contributed by atoms with Gasteiger partial charge in [0, 0.05) is 13.0 Å². The molecule has 0 bridgehead atoms. The van der Waals surface area contributed by atoms with Gasteiger partial charge in [0.2, 0.25) is 5.89 Å². The van der Waals surface area contributed by atoms with Crippen molar-refractivity contribution in [2.45, 2.75) is 20.0 Å². The molecule has 6 nitrogen and oxygen atoms in total. The topological polar surface area (TPSA) is 81.5 Å². The molecular weight excluding hydrogens is 296 g/mol. The number of aliphatic hydroxyl groups excluding tert-OH is 1. The van der Waals surface area contributed by atoms with Gasteiger partial charge in [0.1, 0.15) is 17.9 Å². The summed E-state index contributed by atoms with van der Waals surface area (Å²) in [5.41, 5.74) is 0.666. The Morgan fingerprint density at radius 2 is 2.10 bits per heavy atom. The summed E-state index contributed by atoms with van der Waals surface area (Å²) in [7, 11) is 0. The minimum absolute atomic E-state index is 0. The number of hydrogen-bond donors (Lipinski definition) is 1. The maximum atomic E-state index is 9.29. The largest absolute Gasteiger partial charge is 0.490 e. The van der Waals surface area contributed by atoms with E-state index < -0.39 is 6.10 Å². The molecule has 112 valence electrons. The van der Waals surface area contributed by atoms with Crippen LogP contribution in [0.2, 0.25) is 0 Å². The summed E-state index contributed by atoms with van der Waals surface area (Å²) in [6.07, 6.45) is -0.532. The van der Waals surface area contributed by atoms with E-state index in [9.17, 15) is 5.11 Å². The van der Waals surface area contributed by atoms with Crippen molar-refractivity contribution in [3.63, 3.8) is 0 Å². The molecule has 2 aromatic heterocycles. The Balaban J connectivity index is 0.00000161. The summed E-state index contributed by atoms with van der Waals surface area (Å²) >= 11 is 0. The van der Waals surface area contributed by atoms with E-state index in [1.807, 2.05) is 18.2 Å². The highest BCUT2D eigenvalue weighted by molar-refractivity contribution is 5.87. The normalized spacial score (nSPS) is 12.1. The summed E-state index contributed by atoms with van der Waals surface area (Å²) in [6, 6.07) is 7.27. The van der Waals surface area contributed by atoms with Gasteiger partial charge in [-0.3, -0.25) is 0 Å². The molecule has 0 aliphatic heterocycles. The fraction of sp³-hybridized carbons (Fsp3) is 0.286. The van der Waals surface area contributed by atoms with Gasteiger partial charge in [-0.05, 0) is 19.1 Å². The van der Waals surface area contributed by atoms with Gasteiger partial charge in [0.25, 0.3) is 5.89 Å². The molecule has 0 aliphatic rings. The third kappa shape index (κ3) is 3.17. The van der Waals surface area contributed by atoms with Gasteiger partial charge >= 0.3 is 0 Å². The number of aryl methyl sites for hydroxylation is 1. The van der Waals surface area contributed by atoms with Gasteiger partial charge in [-0.1, -0.05) is 6.07 Å². The Labute approximate surface area is 127 Å². The van der Waals surface area contributed by atoms with Gasteiger partial charge in [-0.25, -0.2) is 0 Å². The molecule has 0 radical (unpaired) electrons. The van der Waals surface area contributed by atoms with Crippen molar-refractivity contribution < 1.29 is 18.7 Å². The lowest BCUT2D eigenvalue weighted by atomic mass is 10.2. The number of ether oxygens (including phenoxy) is 1. The van der Waals surface area contributed by atoms with Crippen LogP contribution in [0.15, 0.2) is 33.1 Å². The number of aliphatic hydroxyl groups is 1. The molecule has 0 saturated carbocycles. The van der Waals surface area contributed by atoms with E-state index in [4.69, 9.17) is 13.6 Å². The third-order valence-corrected chi connectivity index (χ3v) is 2.74. The number of rotatable bonds is 4. The first-order valence-electron chi connectivity index (χ1n) is 6.27. The minimum atomic E-state index is -0.532. The van der Waals surface area contributed by atoms with Crippen LogP contribution in [-0.2, 0) is 0 Å². The molecule has 1 N–H and O–H groups in total. The first-order chi connectivity index (χ1) is 9.63. The van der Waals surface area contributed by atoms with Gasteiger partial charge in [0.15, 0.2) is 5.76 Å². The fourth-order valence-corrected chi connectivity index (χ4v) is 1.87. The van der Waals surface area contributed by atoms with E-state index in [1.165, 1.54) is 0 Å². The van der Waals surface area contributed by atoms with Crippen molar-refractivity contribution in [1.82, 2.24) is 10.2 Å². The quantitative estimate of drug-likeness (QED) is 0.798. The summed E-state index contributed by atoms with van der Waals surface area (Å²) in [4.78, 5) is 0. The molecule has 21 heavy (non-hydrogen) atoms. The molecule has 1 unspecified atom stereocenters. The van der Waals surface area contributed by atoms with Gasteiger partial charge in [-0.2, -0.15) is 0 Å². The molecule has 3 aromatic rings. The minimum Gasteiger partial charge on any atom is -0.490 e. The van der Waals surface area contributed by atoms with Crippen LogP contribution in [0.25, 0.3) is 22.6 Å². The highest BCUT2D eigenvalue weighted by Gasteiger charge is 2.15. The highest BCUT2D eigenvalue weighted by atomic mass is 35.5. The smallest absolute Gasteiger partial charge is 0.283 e. The molecular formula is C14H15ClN2O4. The van der Waals surface area contributed by atoms with Crippen LogP contribution < -0.4 is 4.74 Å². The number of furan rings is 1. The second kappa shape index (κ2) is 6.15. The molecule has 2 heterocycles. The zero-order valence-electron chi connectivity index (χ0n) is 11.6. The van der Waals surface area contributed by atoms with Gasteiger partial charge in [0.05, 0.1) is 11.5 Å². The first kappa shape index (κ1) is 15.3. The molecule has 3 rings (SSSR count). The van der Waals surface area contributed by atoms with E-state index in [-0.39, 0.29) is 19.0 Å². The average Bonchev–Trinajstić information content (AvgIpc) is 3.01. The maximum absolute atomic E-state index is 9.29. The van der Waals surface area contributed by atoms with Crippen LogP contribution in [0.4, 0.5) is 0 Å². The average molecular weight is 311 g/mol. The second-order valence-electron chi connectivity index (χ2n) is 4.56. The Bertz CT molecular complexity index is 735. The molecule has 0 amide bonds. The number of halogens is 1. The van der Waals surface area contributed by atoms with Gasteiger partial charge in [-0.15, -0.1) is 22.6 Å². The van der Waals surface area contributed by atoms with E-state index in [0.29, 0.717) is 28.9 Å². The van der Waals surface area contributed by atoms with E-state index in [2.05, 4.69) is 10.2 Å². The van der Waals surface area contributed by atoms with Crippen LogP contribution >= 0.6 is 12.4 Å². The fourth-order valence-electron chi connectivity index (χ4n) is 1.87. The van der Waals surface area contributed by atoms with Crippen molar-refractivity contribution in [2.75, 3.05) is 6.61 Å². The van der Waals surface area contributed by atoms with Crippen molar-refractivity contribution in [3.05, 3.63) is 30.2 Å². The molecule has 7 heteroatoms. The number of benzene rings is 1. The molecule has 0 aliphatic carbocycles. The lowest BCUT2D eigenvalue weighted by Crippen LogP contribution is -2.12. The summed E-state index contributed by atoms with van der Waals surface area (Å²) < 4.78 is 16.6. The zero-order valence-corrected chi connectivity index (χ0v) is 12.4. The molecule has 1 atom stereocenters. The predicted molar refractivity (Wildman–Crippen MR) is 78.7 cm³/mol. The summed E-state index contributed by atoms with van der Waals surface area (Å²) in [5, 5.41) is 17.8. The van der Waals surface area contributed by atoms with E-state index >= 15 is 0 Å². The first-order valence-corrected chi connectivity index (χ1v) is 6.27. The highest BCUT2D eigenvalue weighted by Crippen LogP contribution is 2.32. The van der Waals surface area contributed by atoms with Crippen LogP contribution in [0, 0.1) is 6.92 Å². The zero-order chi connectivity index (χ0) is 14.1. The lowest BCUT2D eigenvalue weighted by Gasteiger charge is -2.08. The second-order valence-corrected chi connectivity index (χ2v) is 4.56. The molecule has 0 fully saturated rings. The van der Waals surface area contributed by atoms with Crippen LogP contribution in [0.3, 0.4) is 0 Å². The number of nitrogens with zero attached hydrogens (tertiary/aromatic N) is 2. The summed E-state index contributed by atoms with van der Waals surface area (Å²) in [6.45, 7) is 3.61.